The van der Waals surface area contributed by atoms with Gasteiger partial charge in [0.2, 0.25) is 5.91 Å². The predicted octanol–water partition coefficient (Wildman–Crippen LogP) is 1.29. The monoisotopic (exact) mass is 251 g/mol. The van der Waals surface area contributed by atoms with E-state index in [-0.39, 0.29) is 24.9 Å². The van der Waals surface area contributed by atoms with Gasteiger partial charge in [-0.15, -0.1) is 0 Å². The van der Waals surface area contributed by atoms with E-state index in [4.69, 9.17) is 5.11 Å². The van der Waals surface area contributed by atoms with Gasteiger partial charge in [0, 0.05) is 25.2 Å². The van der Waals surface area contributed by atoms with Crippen LogP contribution in [0.15, 0.2) is 12.4 Å². The number of hydrogen-bond acceptors (Lipinski definition) is 3. The summed E-state index contributed by atoms with van der Waals surface area (Å²) in [7, 11) is 0. The molecule has 2 atom stereocenters. The van der Waals surface area contributed by atoms with Crippen LogP contribution in [0.25, 0.3) is 0 Å². The summed E-state index contributed by atoms with van der Waals surface area (Å²) in [4.78, 5) is 24.2. The number of hydrogen-bond donors (Lipinski definition) is 1. The minimum absolute atomic E-state index is 0.0733. The van der Waals surface area contributed by atoms with Gasteiger partial charge in [-0.2, -0.15) is 5.10 Å². The van der Waals surface area contributed by atoms with Gasteiger partial charge >= 0.3 is 5.97 Å². The van der Waals surface area contributed by atoms with Gasteiger partial charge in [0.25, 0.3) is 0 Å². The molecule has 2 rings (SSSR count). The number of nitrogens with zero attached hydrogens (tertiary/aromatic N) is 3. The quantitative estimate of drug-likeness (QED) is 0.875. The Labute approximate surface area is 105 Å². The molecule has 1 fully saturated rings. The third-order valence-electron chi connectivity index (χ3n) is 3.42. The predicted molar refractivity (Wildman–Crippen MR) is 65.3 cm³/mol. The van der Waals surface area contributed by atoms with Crippen molar-refractivity contribution in [2.45, 2.75) is 32.7 Å². The van der Waals surface area contributed by atoms with Crippen LogP contribution in [0.4, 0.5) is 5.69 Å². The molecule has 1 aliphatic heterocycles. The van der Waals surface area contributed by atoms with Crippen molar-refractivity contribution in [3.63, 3.8) is 0 Å². The molecule has 1 aliphatic rings. The minimum Gasteiger partial charge on any atom is -0.481 e. The van der Waals surface area contributed by atoms with Crippen LogP contribution in [0, 0.1) is 5.92 Å². The Morgan fingerprint density at radius 1 is 1.67 bits per heavy atom. The molecule has 0 unspecified atom stereocenters. The lowest BCUT2D eigenvalue weighted by atomic mass is 10.1. The van der Waals surface area contributed by atoms with Crippen molar-refractivity contribution in [2.75, 3.05) is 11.4 Å². The zero-order chi connectivity index (χ0) is 13.3. The molecule has 1 aromatic heterocycles. The lowest BCUT2D eigenvalue weighted by Gasteiger charge is -2.13. The maximum absolute atomic E-state index is 11.8. The number of aromatic nitrogens is 2. The van der Waals surface area contributed by atoms with Crippen LogP contribution in [0.3, 0.4) is 0 Å². The number of anilines is 1. The molecule has 0 aliphatic carbocycles. The Bertz CT molecular complexity index is 469. The van der Waals surface area contributed by atoms with Gasteiger partial charge in [0.15, 0.2) is 0 Å². The molecule has 0 spiro atoms. The summed E-state index contributed by atoms with van der Waals surface area (Å²) in [5.74, 6) is -1.67. The first-order valence-electron chi connectivity index (χ1n) is 6.10. The summed E-state index contributed by atoms with van der Waals surface area (Å²) >= 11 is 0. The first-order chi connectivity index (χ1) is 8.52. The maximum Gasteiger partial charge on any atom is 0.308 e. The molecule has 6 heteroatoms. The summed E-state index contributed by atoms with van der Waals surface area (Å²) in [6.45, 7) is 4.34. The molecule has 0 saturated carbocycles. The maximum atomic E-state index is 11.8. The summed E-state index contributed by atoms with van der Waals surface area (Å²) in [6.07, 6.45) is 4.45. The lowest BCUT2D eigenvalue weighted by Crippen LogP contribution is -2.25. The van der Waals surface area contributed by atoms with Crippen molar-refractivity contribution in [3.05, 3.63) is 12.4 Å². The van der Waals surface area contributed by atoms with E-state index in [1.807, 2.05) is 6.92 Å². The Kier molecular flexibility index (Phi) is 3.36. The second kappa shape index (κ2) is 4.80. The summed E-state index contributed by atoms with van der Waals surface area (Å²) in [6, 6.07) is 0.270. The van der Waals surface area contributed by atoms with Gasteiger partial charge in [-0.25, -0.2) is 0 Å². The molecule has 18 heavy (non-hydrogen) atoms. The SMILES string of the molecule is CC[C@@H](C)n1cc(N2C[C@@H](C(=O)O)CC2=O)cn1. The Morgan fingerprint density at radius 2 is 2.39 bits per heavy atom. The lowest BCUT2D eigenvalue weighted by molar-refractivity contribution is -0.141. The van der Waals surface area contributed by atoms with Gasteiger partial charge in [0.1, 0.15) is 0 Å². The highest BCUT2D eigenvalue weighted by Crippen LogP contribution is 2.25. The Balaban J connectivity index is 2.15. The van der Waals surface area contributed by atoms with Crippen LogP contribution >= 0.6 is 0 Å². The van der Waals surface area contributed by atoms with Gasteiger partial charge in [-0.05, 0) is 13.3 Å². The van der Waals surface area contributed by atoms with Crippen molar-refractivity contribution in [1.82, 2.24) is 9.78 Å². The number of carboxylic acid groups (broad SMARTS) is 1. The standard InChI is InChI=1S/C12H17N3O3/c1-3-8(2)15-7-10(5-13-15)14-6-9(12(17)18)4-11(14)16/h5,7-9H,3-4,6H2,1-2H3,(H,17,18)/t8-,9+/m1/s1. The second-order valence-corrected chi connectivity index (χ2v) is 4.68. The third kappa shape index (κ3) is 2.23. The number of aliphatic carboxylic acids is 1. The van der Waals surface area contributed by atoms with E-state index in [0.29, 0.717) is 5.69 Å². The average molecular weight is 251 g/mol. The van der Waals surface area contributed by atoms with Crippen LogP contribution in [0.2, 0.25) is 0 Å². The summed E-state index contributed by atoms with van der Waals surface area (Å²) in [5, 5.41) is 13.1. The zero-order valence-electron chi connectivity index (χ0n) is 10.5. The first kappa shape index (κ1) is 12.6. The molecule has 1 saturated heterocycles. The molecule has 1 N–H and O–H groups in total. The van der Waals surface area contributed by atoms with E-state index < -0.39 is 11.9 Å². The van der Waals surface area contributed by atoms with Crippen molar-refractivity contribution in [1.29, 1.82) is 0 Å². The number of amides is 1. The van der Waals surface area contributed by atoms with E-state index in [1.54, 1.807) is 17.1 Å². The molecule has 2 heterocycles. The van der Waals surface area contributed by atoms with Crippen molar-refractivity contribution in [3.8, 4) is 0 Å². The fourth-order valence-electron chi connectivity index (χ4n) is 2.02. The van der Waals surface area contributed by atoms with Crippen LogP contribution in [-0.4, -0.2) is 33.3 Å². The van der Waals surface area contributed by atoms with E-state index in [9.17, 15) is 9.59 Å². The number of carboxylic acids is 1. The normalized spacial score (nSPS) is 21.3. The summed E-state index contributed by atoms with van der Waals surface area (Å²) < 4.78 is 1.80. The highest BCUT2D eigenvalue weighted by atomic mass is 16.4. The minimum atomic E-state index is -0.917. The molecule has 1 amide bonds. The van der Waals surface area contributed by atoms with E-state index >= 15 is 0 Å². The highest BCUT2D eigenvalue weighted by molar-refractivity contribution is 5.98. The Morgan fingerprint density at radius 3 is 2.94 bits per heavy atom. The second-order valence-electron chi connectivity index (χ2n) is 4.68. The van der Waals surface area contributed by atoms with Gasteiger partial charge in [0.05, 0.1) is 17.8 Å². The van der Waals surface area contributed by atoms with Gasteiger partial charge < -0.3 is 10.0 Å². The van der Waals surface area contributed by atoms with Gasteiger partial charge in [-0.3, -0.25) is 14.3 Å². The number of carbonyl (C=O) groups excluding carboxylic acids is 1. The fraction of sp³-hybridized carbons (Fsp3) is 0.583. The van der Waals surface area contributed by atoms with Gasteiger partial charge in [-0.1, -0.05) is 6.92 Å². The van der Waals surface area contributed by atoms with E-state index in [2.05, 4.69) is 12.0 Å². The van der Waals surface area contributed by atoms with Crippen LogP contribution in [0.5, 0.6) is 0 Å². The smallest absolute Gasteiger partial charge is 0.308 e. The van der Waals surface area contributed by atoms with E-state index in [1.165, 1.54) is 4.90 Å². The zero-order valence-corrected chi connectivity index (χ0v) is 10.5. The summed E-state index contributed by atoms with van der Waals surface area (Å²) in [5.41, 5.74) is 0.684. The third-order valence-corrected chi connectivity index (χ3v) is 3.42. The molecule has 0 radical (unpaired) electrons. The largest absolute Gasteiger partial charge is 0.481 e. The molecule has 1 aromatic rings. The molecular weight excluding hydrogens is 234 g/mol. The average Bonchev–Trinajstić information content (AvgIpc) is 2.94. The van der Waals surface area contributed by atoms with E-state index in [0.717, 1.165) is 6.42 Å². The van der Waals surface area contributed by atoms with Crippen molar-refractivity contribution in [2.24, 2.45) is 5.92 Å². The first-order valence-corrected chi connectivity index (χ1v) is 6.10. The molecule has 98 valence electrons. The molecular formula is C12H17N3O3. The van der Waals surface area contributed by atoms with Crippen LogP contribution in [-0.2, 0) is 9.59 Å². The van der Waals surface area contributed by atoms with Crippen LogP contribution in [0.1, 0.15) is 32.7 Å². The van der Waals surface area contributed by atoms with Crippen LogP contribution < -0.4 is 4.90 Å². The fourth-order valence-corrected chi connectivity index (χ4v) is 2.02. The Hall–Kier alpha value is -1.85. The molecule has 0 aromatic carbocycles. The molecule has 0 bridgehead atoms. The van der Waals surface area contributed by atoms with Crippen molar-refractivity contribution >= 4 is 17.6 Å². The van der Waals surface area contributed by atoms with Crippen molar-refractivity contribution < 1.29 is 14.7 Å². The highest BCUT2D eigenvalue weighted by Gasteiger charge is 2.35. The molecule has 6 nitrogen and oxygen atoms in total. The topological polar surface area (TPSA) is 75.4 Å². The number of rotatable bonds is 4. The number of carbonyl (C=O) groups is 2.